The summed E-state index contributed by atoms with van der Waals surface area (Å²) in [6.07, 6.45) is 4.22. The molecule has 0 spiro atoms. The van der Waals surface area contributed by atoms with Crippen molar-refractivity contribution in [3.8, 4) is 5.69 Å². The number of nitrogens with one attached hydrogen (secondary N) is 1. The molecule has 1 aromatic heterocycles. The van der Waals surface area contributed by atoms with Gasteiger partial charge >= 0.3 is 0 Å². The van der Waals surface area contributed by atoms with Crippen LogP contribution in [-0.2, 0) is 6.54 Å². The van der Waals surface area contributed by atoms with Gasteiger partial charge in [-0.15, -0.1) is 5.10 Å². The number of nitrogens with zero attached hydrogens (tertiary/aromatic N) is 3. The quantitative estimate of drug-likeness (QED) is 0.938. The second-order valence-corrected chi connectivity index (χ2v) is 5.18. The van der Waals surface area contributed by atoms with Crippen LogP contribution in [0.25, 0.3) is 5.69 Å². The third-order valence-corrected chi connectivity index (χ3v) is 3.53. The van der Waals surface area contributed by atoms with E-state index in [1.54, 1.807) is 23.0 Å². The molecule has 0 amide bonds. The smallest absolute Gasteiger partial charge is 0.104 e. The highest BCUT2D eigenvalue weighted by atomic mass is 35.5. The van der Waals surface area contributed by atoms with E-state index in [0.717, 1.165) is 12.2 Å². The van der Waals surface area contributed by atoms with Gasteiger partial charge in [-0.1, -0.05) is 34.5 Å². The highest BCUT2D eigenvalue weighted by Gasteiger charge is 2.21. The zero-order valence-electron chi connectivity index (χ0n) is 9.61. The highest BCUT2D eigenvalue weighted by Crippen LogP contribution is 2.28. The van der Waals surface area contributed by atoms with Crippen molar-refractivity contribution >= 4 is 23.2 Å². The Morgan fingerprint density at radius 1 is 1.28 bits per heavy atom. The lowest BCUT2D eigenvalue weighted by Crippen LogP contribution is -2.18. The van der Waals surface area contributed by atoms with Crippen molar-refractivity contribution in [3.63, 3.8) is 0 Å². The topological polar surface area (TPSA) is 42.7 Å². The molecule has 94 valence electrons. The lowest BCUT2D eigenvalue weighted by atomic mass is 10.3. The molecule has 0 atom stereocenters. The van der Waals surface area contributed by atoms with Crippen molar-refractivity contribution in [1.29, 1.82) is 0 Å². The van der Waals surface area contributed by atoms with Crippen molar-refractivity contribution in [1.82, 2.24) is 20.3 Å². The molecule has 18 heavy (non-hydrogen) atoms. The van der Waals surface area contributed by atoms with E-state index in [1.807, 2.05) is 6.07 Å². The maximum absolute atomic E-state index is 6.17. The van der Waals surface area contributed by atoms with Crippen LogP contribution in [0, 0.1) is 0 Å². The van der Waals surface area contributed by atoms with Crippen LogP contribution in [0.4, 0.5) is 0 Å². The molecule has 1 aliphatic carbocycles. The lowest BCUT2D eigenvalue weighted by Gasteiger charge is -2.10. The summed E-state index contributed by atoms with van der Waals surface area (Å²) in [5.74, 6) is 0. The van der Waals surface area contributed by atoms with Crippen LogP contribution in [0.3, 0.4) is 0 Å². The molecule has 0 saturated heterocycles. The highest BCUT2D eigenvalue weighted by molar-refractivity contribution is 6.37. The fourth-order valence-corrected chi connectivity index (χ4v) is 2.35. The molecule has 1 aromatic carbocycles. The van der Waals surface area contributed by atoms with Gasteiger partial charge in [0.05, 0.1) is 21.9 Å². The van der Waals surface area contributed by atoms with Gasteiger partial charge in [-0.05, 0) is 25.0 Å². The summed E-state index contributed by atoms with van der Waals surface area (Å²) >= 11 is 12.3. The van der Waals surface area contributed by atoms with Crippen molar-refractivity contribution < 1.29 is 0 Å². The van der Waals surface area contributed by atoms with Gasteiger partial charge in [0.25, 0.3) is 0 Å². The molecule has 6 heteroatoms. The van der Waals surface area contributed by atoms with Crippen LogP contribution in [0.1, 0.15) is 18.5 Å². The second-order valence-electron chi connectivity index (χ2n) is 4.36. The molecule has 1 aliphatic rings. The lowest BCUT2D eigenvalue weighted by molar-refractivity contribution is 0.647. The van der Waals surface area contributed by atoms with Crippen LogP contribution >= 0.6 is 23.2 Å². The Morgan fingerprint density at radius 3 is 2.67 bits per heavy atom. The van der Waals surface area contributed by atoms with E-state index in [4.69, 9.17) is 23.2 Å². The normalized spacial score (nSPS) is 15.0. The predicted octanol–water partition coefficient (Wildman–Crippen LogP) is 2.83. The number of hydrogen-bond donors (Lipinski definition) is 1. The van der Waals surface area contributed by atoms with E-state index in [0.29, 0.717) is 21.8 Å². The zero-order chi connectivity index (χ0) is 12.5. The standard InChI is InChI=1S/C12H12Cl2N4/c13-10-2-1-3-11(14)12(10)18-9(7-16-17-18)6-15-8-4-5-8/h1-3,7-8,15H,4-6H2. The Kier molecular flexibility index (Phi) is 3.24. The fourth-order valence-electron chi connectivity index (χ4n) is 1.79. The molecule has 1 heterocycles. The zero-order valence-corrected chi connectivity index (χ0v) is 11.1. The summed E-state index contributed by atoms with van der Waals surface area (Å²) < 4.78 is 1.69. The van der Waals surface area contributed by atoms with Crippen molar-refractivity contribution in [2.75, 3.05) is 0 Å². The van der Waals surface area contributed by atoms with Crippen LogP contribution in [0.2, 0.25) is 10.0 Å². The van der Waals surface area contributed by atoms with E-state index in [-0.39, 0.29) is 0 Å². The van der Waals surface area contributed by atoms with Crippen molar-refractivity contribution in [2.24, 2.45) is 0 Å². The Balaban J connectivity index is 1.93. The van der Waals surface area contributed by atoms with Gasteiger partial charge in [-0.3, -0.25) is 0 Å². The largest absolute Gasteiger partial charge is 0.308 e. The number of aromatic nitrogens is 3. The number of benzene rings is 1. The van der Waals surface area contributed by atoms with Gasteiger partial charge in [-0.25, -0.2) is 4.68 Å². The molecule has 0 aliphatic heterocycles. The molecule has 0 radical (unpaired) electrons. The van der Waals surface area contributed by atoms with Gasteiger partial charge in [0, 0.05) is 12.6 Å². The van der Waals surface area contributed by atoms with Crippen LogP contribution in [0.15, 0.2) is 24.4 Å². The molecule has 2 aromatic rings. The average molecular weight is 283 g/mol. The molecule has 4 nitrogen and oxygen atoms in total. The van der Waals surface area contributed by atoms with Gasteiger partial charge in [0.1, 0.15) is 5.69 Å². The first-order chi connectivity index (χ1) is 8.75. The maximum Gasteiger partial charge on any atom is 0.104 e. The minimum atomic E-state index is 0.570. The molecular formula is C12H12Cl2N4. The summed E-state index contributed by atoms with van der Waals surface area (Å²) in [7, 11) is 0. The van der Waals surface area contributed by atoms with Crippen LogP contribution in [0.5, 0.6) is 0 Å². The average Bonchev–Trinajstić information content (AvgIpc) is 3.06. The molecule has 3 rings (SSSR count). The second kappa shape index (κ2) is 4.88. The molecular weight excluding hydrogens is 271 g/mol. The number of para-hydroxylation sites is 1. The van der Waals surface area contributed by atoms with E-state index < -0.39 is 0 Å². The summed E-state index contributed by atoms with van der Waals surface area (Å²) in [5, 5.41) is 12.6. The summed E-state index contributed by atoms with van der Waals surface area (Å²) in [5.41, 5.74) is 1.64. The Bertz CT molecular complexity index is 543. The Morgan fingerprint density at radius 2 is 2.00 bits per heavy atom. The fraction of sp³-hybridized carbons (Fsp3) is 0.333. The summed E-state index contributed by atoms with van der Waals surface area (Å²) in [6.45, 7) is 0.721. The van der Waals surface area contributed by atoms with Crippen molar-refractivity contribution in [3.05, 3.63) is 40.1 Å². The van der Waals surface area contributed by atoms with E-state index in [9.17, 15) is 0 Å². The van der Waals surface area contributed by atoms with Gasteiger partial charge < -0.3 is 5.32 Å². The predicted molar refractivity (Wildman–Crippen MR) is 71.2 cm³/mol. The minimum absolute atomic E-state index is 0.570. The first-order valence-corrected chi connectivity index (χ1v) is 6.58. The first-order valence-electron chi connectivity index (χ1n) is 5.83. The first kappa shape index (κ1) is 12.0. The number of rotatable bonds is 4. The van der Waals surface area contributed by atoms with Gasteiger partial charge in [0.2, 0.25) is 0 Å². The summed E-state index contributed by atoms with van der Waals surface area (Å²) in [4.78, 5) is 0. The van der Waals surface area contributed by atoms with Crippen LogP contribution < -0.4 is 5.32 Å². The number of hydrogen-bond acceptors (Lipinski definition) is 3. The molecule has 1 saturated carbocycles. The molecule has 0 bridgehead atoms. The molecule has 1 fully saturated rings. The Hall–Kier alpha value is -1.10. The van der Waals surface area contributed by atoms with E-state index >= 15 is 0 Å². The van der Waals surface area contributed by atoms with Gasteiger partial charge in [-0.2, -0.15) is 0 Å². The third-order valence-electron chi connectivity index (χ3n) is 2.92. The van der Waals surface area contributed by atoms with Crippen LogP contribution in [-0.4, -0.2) is 21.0 Å². The third kappa shape index (κ3) is 2.36. The SMILES string of the molecule is Clc1cccc(Cl)c1-n1nncc1CNC1CC1. The monoisotopic (exact) mass is 282 g/mol. The molecule has 1 N–H and O–H groups in total. The minimum Gasteiger partial charge on any atom is -0.308 e. The Labute approximate surface area is 115 Å². The van der Waals surface area contributed by atoms with E-state index in [1.165, 1.54) is 12.8 Å². The number of halogens is 2. The maximum atomic E-state index is 6.17. The summed E-state index contributed by atoms with van der Waals surface area (Å²) in [6, 6.07) is 6.04. The molecule has 0 unspecified atom stereocenters. The van der Waals surface area contributed by atoms with Crippen molar-refractivity contribution in [2.45, 2.75) is 25.4 Å². The van der Waals surface area contributed by atoms with E-state index in [2.05, 4.69) is 15.6 Å². The van der Waals surface area contributed by atoms with Gasteiger partial charge in [0.15, 0.2) is 0 Å².